The monoisotopic (exact) mass is 294 g/mol. The van der Waals surface area contributed by atoms with E-state index in [1.807, 2.05) is 31.2 Å². The highest BCUT2D eigenvalue weighted by Gasteiger charge is 2.29. The number of hydrogen-bond donors (Lipinski definition) is 3. The Bertz CT molecular complexity index is 545. The van der Waals surface area contributed by atoms with Gasteiger partial charge in [-0.15, -0.1) is 0 Å². The van der Waals surface area contributed by atoms with Gasteiger partial charge in [0.1, 0.15) is 5.75 Å². The molecule has 3 N–H and O–H groups in total. The molecule has 0 aliphatic carbocycles. The summed E-state index contributed by atoms with van der Waals surface area (Å²) in [6.07, 6.45) is -1.01. The maximum absolute atomic E-state index is 10.1. The van der Waals surface area contributed by atoms with Crippen molar-refractivity contribution in [2.75, 3.05) is 14.2 Å². The van der Waals surface area contributed by atoms with E-state index in [0.717, 1.165) is 17.0 Å². The van der Waals surface area contributed by atoms with Gasteiger partial charge in [0.25, 0.3) is 0 Å². The second-order valence-corrected chi connectivity index (χ2v) is 4.88. The van der Waals surface area contributed by atoms with E-state index in [4.69, 9.17) is 21.7 Å². The Morgan fingerprint density at radius 1 is 1.35 bits per heavy atom. The second kappa shape index (κ2) is 6.21. The highest BCUT2D eigenvalue weighted by atomic mass is 32.1. The minimum Gasteiger partial charge on any atom is -0.497 e. The topological polar surface area (TPSA) is 62.8 Å². The summed E-state index contributed by atoms with van der Waals surface area (Å²) in [5, 5.41) is 16.7. The van der Waals surface area contributed by atoms with E-state index in [0.29, 0.717) is 10.7 Å². The van der Waals surface area contributed by atoms with Crippen molar-refractivity contribution in [1.82, 2.24) is 10.6 Å². The largest absolute Gasteiger partial charge is 0.497 e. The molecule has 2 atom stereocenters. The Morgan fingerprint density at radius 2 is 2.10 bits per heavy atom. The van der Waals surface area contributed by atoms with Gasteiger partial charge in [0.15, 0.2) is 11.4 Å². The molecule has 0 aromatic heterocycles. The molecule has 0 bridgehead atoms. The first-order valence-electron chi connectivity index (χ1n) is 6.19. The van der Waals surface area contributed by atoms with Crippen LogP contribution in [0.2, 0.25) is 0 Å². The van der Waals surface area contributed by atoms with Gasteiger partial charge in [-0.1, -0.05) is 12.1 Å². The predicted molar refractivity (Wildman–Crippen MR) is 80.3 cm³/mol. The molecule has 1 aliphatic rings. The zero-order valence-corrected chi connectivity index (χ0v) is 12.5. The highest BCUT2D eigenvalue weighted by molar-refractivity contribution is 7.80. The molecule has 20 heavy (non-hydrogen) atoms. The number of methoxy groups -OCH3 is 2. The lowest BCUT2D eigenvalue weighted by atomic mass is 9.95. The first-order chi connectivity index (χ1) is 9.56. The average Bonchev–Trinajstić information content (AvgIpc) is 2.45. The lowest BCUT2D eigenvalue weighted by Crippen LogP contribution is -2.45. The molecule has 1 aromatic rings. The van der Waals surface area contributed by atoms with E-state index in [1.165, 1.54) is 7.11 Å². The molecule has 108 valence electrons. The summed E-state index contributed by atoms with van der Waals surface area (Å²) in [6, 6.07) is 7.36. The molecule has 0 fully saturated rings. The third-order valence-electron chi connectivity index (χ3n) is 3.24. The molecular weight excluding hydrogens is 276 g/mol. The van der Waals surface area contributed by atoms with E-state index < -0.39 is 6.29 Å². The standard InChI is InChI=1S/C14H18N2O3S/c1-8-11(13(17)19-3)12(16-14(20)15-8)9-5-4-6-10(7-9)18-2/h4-7,12-13,17H,1-3H3,(H2,15,16,20). The van der Waals surface area contributed by atoms with E-state index in [1.54, 1.807) is 7.11 Å². The van der Waals surface area contributed by atoms with Crippen molar-refractivity contribution in [3.63, 3.8) is 0 Å². The van der Waals surface area contributed by atoms with Crippen molar-refractivity contribution in [3.8, 4) is 5.75 Å². The molecule has 0 saturated carbocycles. The maximum atomic E-state index is 10.1. The lowest BCUT2D eigenvalue weighted by molar-refractivity contribution is -0.0500. The minimum atomic E-state index is -1.01. The quantitative estimate of drug-likeness (QED) is 0.577. The summed E-state index contributed by atoms with van der Waals surface area (Å²) in [7, 11) is 3.08. The Labute approximate surface area is 123 Å². The third-order valence-corrected chi connectivity index (χ3v) is 3.46. The number of aliphatic hydroxyl groups excluding tert-OH is 1. The van der Waals surface area contributed by atoms with Crippen molar-refractivity contribution >= 4 is 17.3 Å². The summed E-state index contributed by atoms with van der Waals surface area (Å²) in [6.45, 7) is 1.86. The van der Waals surface area contributed by atoms with Gasteiger partial charge in [0, 0.05) is 18.4 Å². The number of hydrogen-bond acceptors (Lipinski definition) is 4. The minimum absolute atomic E-state index is 0.256. The molecule has 0 amide bonds. The van der Waals surface area contributed by atoms with Crippen molar-refractivity contribution in [3.05, 3.63) is 41.1 Å². The van der Waals surface area contributed by atoms with Crippen LogP contribution < -0.4 is 15.4 Å². The fraction of sp³-hybridized carbons (Fsp3) is 0.357. The number of benzene rings is 1. The predicted octanol–water partition coefficient (Wildman–Crippen LogP) is 1.45. The van der Waals surface area contributed by atoms with Crippen molar-refractivity contribution < 1.29 is 14.6 Å². The average molecular weight is 294 g/mol. The fourth-order valence-corrected chi connectivity index (χ4v) is 2.51. The van der Waals surface area contributed by atoms with Gasteiger partial charge in [-0.3, -0.25) is 0 Å². The molecular formula is C14H18N2O3S. The van der Waals surface area contributed by atoms with Crippen LogP contribution in [0, 0.1) is 0 Å². The summed E-state index contributed by atoms with van der Waals surface area (Å²) < 4.78 is 10.3. The van der Waals surface area contributed by atoms with Crippen LogP contribution in [0.1, 0.15) is 18.5 Å². The summed E-state index contributed by atoms with van der Waals surface area (Å²) >= 11 is 5.19. The lowest BCUT2D eigenvalue weighted by Gasteiger charge is -2.33. The first kappa shape index (κ1) is 14.8. The maximum Gasteiger partial charge on any atom is 0.181 e. The number of ether oxygens (including phenoxy) is 2. The molecule has 0 saturated heterocycles. The number of thiocarbonyl (C=S) groups is 1. The Hall–Kier alpha value is -1.63. The van der Waals surface area contributed by atoms with Crippen LogP contribution in [-0.4, -0.2) is 30.7 Å². The third kappa shape index (κ3) is 2.92. The second-order valence-electron chi connectivity index (χ2n) is 4.48. The number of aliphatic hydroxyl groups is 1. The van der Waals surface area contributed by atoms with E-state index in [9.17, 15) is 5.11 Å². The van der Waals surface area contributed by atoms with Crippen LogP contribution in [0.25, 0.3) is 0 Å². The molecule has 0 radical (unpaired) electrons. The SMILES string of the molecule is COc1cccc(C2NC(=S)NC(C)=C2C(O)OC)c1. The van der Waals surface area contributed by atoms with Crippen LogP contribution in [-0.2, 0) is 4.74 Å². The van der Waals surface area contributed by atoms with Gasteiger partial charge < -0.3 is 25.2 Å². The van der Waals surface area contributed by atoms with Gasteiger partial charge in [0.05, 0.1) is 13.2 Å². The smallest absolute Gasteiger partial charge is 0.181 e. The van der Waals surface area contributed by atoms with Gasteiger partial charge in [0.2, 0.25) is 0 Å². The molecule has 2 rings (SSSR count). The van der Waals surface area contributed by atoms with E-state index >= 15 is 0 Å². The van der Waals surface area contributed by atoms with Gasteiger partial charge >= 0.3 is 0 Å². The fourth-order valence-electron chi connectivity index (χ4n) is 2.24. The molecule has 5 nitrogen and oxygen atoms in total. The van der Waals surface area contributed by atoms with Crippen LogP contribution in [0.5, 0.6) is 5.75 Å². The van der Waals surface area contributed by atoms with E-state index in [2.05, 4.69) is 10.6 Å². The zero-order valence-electron chi connectivity index (χ0n) is 11.6. The number of rotatable bonds is 4. The van der Waals surface area contributed by atoms with Crippen molar-refractivity contribution in [2.45, 2.75) is 19.3 Å². The zero-order chi connectivity index (χ0) is 14.7. The molecule has 1 aliphatic heterocycles. The molecule has 0 spiro atoms. The van der Waals surface area contributed by atoms with Crippen LogP contribution >= 0.6 is 12.2 Å². The molecule has 6 heteroatoms. The van der Waals surface area contributed by atoms with Crippen LogP contribution in [0.4, 0.5) is 0 Å². The van der Waals surface area contributed by atoms with Gasteiger partial charge in [-0.25, -0.2) is 0 Å². The summed E-state index contributed by atoms with van der Waals surface area (Å²) in [5.41, 5.74) is 2.43. The Kier molecular flexibility index (Phi) is 4.59. The summed E-state index contributed by atoms with van der Waals surface area (Å²) in [5.74, 6) is 0.748. The number of nitrogens with one attached hydrogen (secondary N) is 2. The van der Waals surface area contributed by atoms with Crippen molar-refractivity contribution in [1.29, 1.82) is 0 Å². The highest BCUT2D eigenvalue weighted by Crippen LogP contribution is 2.30. The van der Waals surface area contributed by atoms with Gasteiger partial charge in [-0.2, -0.15) is 0 Å². The molecule has 2 unspecified atom stereocenters. The molecule has 1 heterocycles. The summed E-state index contributed by atoms with van der Waals surface area (Å²) in [4.78, 5) is 0. The molecule has 1 aromatic carbocycles. The Morgan fingerprint density at radius 3 is 2.75 bits per heavy atom. The number of allylic oxidation sites excluding steroid dienone is 1. The Balaban J connectivity index is 2.45. The normalized spacial score (nSPS) is 20.2. The van der Waals surface area contributed by atoms with Crippen LogP contribution in [0.15, 0.2) is 35.5 Å². The van der Waals surface area contributed by atoms with Crippen LogP contribution in [0.3, 0.4) is 0 Å². The van der Waals surface area contributed by atoms with E-state index in [-0.39, 0.29) is 6.04 Å². The van der Waals surface area contributed by atoms with Crippen molar-refractivity contribution in [2.24, 2.45) is 0 Å². The first-order valence-corrected chi connectivity index (χ1v) is 6.60. The van der Waals surface area contributed by atoms with Gasteiger partial charge in [-0.05, 0) is 36.8 Å².